The summed E-state index contributed by atoms with van der Waals surface area (Å²) in [7, 11) is 0. The van der Waals surface area contributed by atoms with E-state index in [0.29, 0.717) is 18.8 Å². The van der Waals surface area contributed by atoms with E-state index in [-0.39, 0.29) is 23.2 Å². The van der Waals surface area contributed by atoms with Gasteiger partial charge in [0.2, 0.25) is 0 Å². The predicted octanol–water partition coefficient (Wildman–Crippen LogP) is 1.98. The van der Waals surface area contributed by atoms with Gasteiger partial charge in [0.15, 0.2) is 11.2 Å². The van der Waals surface area contributed by atoms with E-state index in [2.05, 4.69) is 0 Å². The lowest BCUT2D eigenvalue weighted by molar-refractivity contribution is -0.00376. The predicted molar refractivity (Wildman–Crippen MR) is 74.9 cm³/mol. The summed E-state index contributed by atoms with van der Waals surface area (Å²) in [5, 5.41) is 0. The molecule has 1 aromatic heterocycles. The Morgan fingerprint density at radius 3 is 2.80 bits per heavy atom. The summed E-state index contributed by atoms with van der Waals surface area (Å²) in [6.45, 7) is 5.45. The van der Waals surface area contributed by atoms with Crippen LogP contribution in [0.4, 0.5) is 0 Å². The van der Waals surface area contributed by atoms with E-state index in [1.807, 2.05) is 6.92 Å². The third-order valence-corrected chi connectivity index (χ3v) is 3.47. The highest BCUT2D eigenvalue weighted by atomic mass is 16.5. The average Bonchev–Trinajstić information content (AvgIpc) is 2.44. The lowest BCUT2D eigenvalue weighted by atomic mass is 10.1. The second-order valence-electron chi connectivity index (χ2n) is 5.10. The minimum atomic E-state index is -0.248. The molecule has 5 nitrogen and oxygen atoms in total. The molecule has 0 aromatic carbocycles. The number of hydrogen-bond acceptors (Lipinski definition) is 4. The van der Waals surface area contributed by atoms with Crippen molar-refractivity contribution < 1.29 is 13.9 Å². The van der Waals surface area contributed by atoms with E-state index in [9.17, 15) is 9.59 Å². The van der Waals surface area contributed by atoms with Gasteiger partial charge in [-0.3, -0.25) is 9.59 Å². The van der Waals surface area contributed by atoms with E-state index in [1.54, 1.807) is 11.8 Å². The van der Waals surface area contributed by atoms with Crippen LogP contribution in [-0.2, 0) is 4.74 Å². The number of nitrogens with zero attached hydrogens (tertiary/aromatic N) is 1. The number of carbonyl (C=O) groups excluding carboxylic acids is 1. The second-order valence-corrected chi connectivity index (χ2v) is 5.10. The van der Waals surface area contributed by atoms with Crippen molar-refractivity contribution in [2.45, 2.75) is 39.2 Å². The first-order valence-electron chi connectivity index (χ1n) is 7.13. The SMILES string of the molecule is CCN(C[C@@H]1CCCCO1)C(=O)c1cc(=O)cc(C)o1. The molecule has 1 amide bonds. The van der Waals surface area contributed by atoms with Crippen LogP contribution in [0.1, 0.15) is 42.5 Å². The summed E-state index contributed by atoms with van der Waals surface area (Å²) >= 11 is 0. The van der Waals surface area contributed by atoms with Crippen molar-refractivity contribution in [2.75, 3.05) is 19.7 Å². The van der Waals surface area contributed by atoms with Gasteiger partial charge in [-0.1, -0.05) is 0 Å². The van der Waals surface area contributed by atoms with Crippen LogP contribution in [-0.4, -0.2) is 36.6 Å². The van der Waals surface area contributed by atoms with Crippen molar-refractivity contribution in [3.8, 4) is 0 Å². The first-order valence-corrected chi connectivity index (χ1v) is 7.13. The lowest BCUT2D eigenvalue weighted by Gasteiger charge is -2.28. The van der Waals surface area contributed by atoms with Gasteiger partial charge in [-0.05, 0) is 33.1 Å². The molecule has 5 heteroatoms. The average molecular weight is 279 g/mol. The Hall–Kier alpha value is -1.62. The molecule has 0 radical (unpaired) electrons. The summed E-state index contributed by atoms with van der Waals surface area (Å²) in [4.78, 5) is 25.5. The van der Waals surface area contributed by atoms with E-state index in [4.69, 9.17) is 9.15 Å². The summed E-state index contributed by atoms with van der Waals surface area (Å²) in [6.07, 6.45) is 3.28. The van der Waals surface area contributed by atoms with Gasteiger partial charge in [-0.25, -0.2) is 0 Å². The molecule has 20 heavy (non-hydrogen) atoms. The molecule has 0 unspecified atom stereocenters. The van der Waals surface area contributed by atoms with Crippen molar-refractivity contribution in [1.82, 2.24) is 4.90 Å². The summed E-state index contributed by atoms with van der Waals surface area (Å²) in [5.41, 5.74) is -0.206. The van der Waals surface area contributed by atoms with Crippen LogP contribution in [0, 0.1) is 6.92 Å². The number of hydrogen-bond donors (Lipinski definition) is 0. The van der Waals surface area contributed by atoms with Gasteiger partial charge in [-0.15, -0.1) is 0 Å². The maximum Gasteiger partial charge on any atom is 0.289 e. The molecule has 0 bridgehead atoms. The standard InChI is InChI=1S/C15H21NO4/c1-3-16(10-13-6-4-5-7-19-13)15(18)14-9-12(17)8-11(2)20-14/h8-9,13H,3-7,10H2,1-2H3/t13-/m0/s1. The van der Waals surface area contributed by atoms with Crippen LogP contribution in [0.2, 0.25) is 0 Å². The van der Waals surface area contributed by atoms with Gasteiger partial charge < -0.3 is 14.1 Å². The Labute approximate surface area is 118 Å². The van der Waals surface area contributed by atoms with E-state index >= 15 is 0 Å². The molecule has 2 heterocycles. The lowest BCUT2D eigenvalue weighted by Crippen LogP contribution is -2.39. The van der Waals surface area contributed by atoms with Crippen LogP contribution in [0.3, 0.4) is 0 Å². The fourth-order valence-electron chi connectivity index (χ4n) is 2.42. The maximum absolute atomic E-state index is 12.4. The molecule has 0 aliphatic carbocycles. The fraction of sp³-hybridized carbons (Fsp3) is 0.600. The Balaban J connectivity index is 2.09. The number of likely N-dealkylation sites (N-methyl/N-ethyl adjacent to an activating group) is 1. The fourth-order valence-corrected chi connectivity index (χ4v) is 2.42. The topological polar surface area (TPSA) is 59.8 Å². The highest BCUT2D eigenvalue weighted by Gasteiger charge is 2.23. The van der Waals surface area contributed by atoms with Crippen molar-refractivity contribution in [3.63, 3.8) is 0 Å². The van der Waals surface area contributed by atoms with Gasteiger partial charge in [0.25, 0.3) is 5.91 Å². The van der Waals surface area contributed by atoms with Gasteiger partial charge in [0.05, 0.1) is 6.10 Å². The van der Waals surface area contributed by atoms with Crippen molar-refractivity contribution >= 4 is 5.91 Å². The van der Waals surface area contributed by atoms with E-state index in [0.717, 1.165) is 25.9 Å². The normalized spacial score (nSPS) is 18.8. The third kappa shape index (κ3) is 3.70. The van der Waals surface area contributed by atoms with Crippen LogP contribution in [0.5, 0.6) is 0 Å². The zero-order chi connectivity index (χ0) is 14.5. The number of rotatable bonds is 4. The van der Waals surface area contributed by atoms with Gasteiger partial charge in [0.1, 0.15) is 5.76 Å². The molecule has 0 N–H and O–H groups in total. The van der Waals surface area contributed by atoms with Gasteiger partial charge in [0, 0.05) is 31.8 Å². The van der Waals surface area contributed by atoms with Crippen LogP contribution in [0.25, 0.3) is 0 Å². The zero-order valence-electron chi connectivity index (χ0n) is 12.1. The van der Waals surface area contributed by atoms with Gasteiger partial charge in [-0.2, -0.15) is 0 Å². The molecule has 0 saturated carbocycles. The Morgan fingerprint density at radius 2 is 2.20 bits per heavy atom. The van der Waals surface area contributed by atoms with Crippen molar-refractivity contribution in [3.05, 3.63) is 33.9 Å². The number of ether oxygens (including phenoxy) is 1. The molecule has 1 aromatic rings. The summed E-state index contributed by atoms with van der Waals surface area (Å²) in [5.74, 6) is 0.306. The minimum Gasteiger partial charge on any atom is -0.456 e. The molecule has 110 valence electrons. The summed E-state index contributed by atoms with van der Waals surface area (Å²) < 4.78 is 11.0. The molecule has 1 aliphatic rings. The zero-order valence-corrected chi connectivity index (χ0v) is 12.1. The number of aryl methyl sites for hydroxylation is 1. The summed E-state index contributed by atoms with van der Waals surface area (Å²) in [6, 6.07) is 2.62. The van der Waals surface area contributed by atoms with Crippen LogP contribution < -0.4 is 5.43 Å². The molecule has 2 rings (SSSR count). The monoisotopic (exact) mass is 279 g/mol. The smallest absolute Gasteiger partial charge is 0.289 e. The van der Waals surface area contributed by atoms with Crippen LogP contribution >= 0.6 is 0 Å². The maximum atomic E-state index is 12.4. The molecule has 1 aliphatic heterocycles. The molecular formula is C15H21NO4. The number of amides is 1. The van der Waals surface area contributed by atoms with E-state index in [1.165, 1.54) is 12.1 Å². The number of carbonyl (C=O) groups is 1. The molecule has 1 fully saturated rings. The largest absolute Gasteiger partial charge is 0.456 e. The van der Waals surface area contributed by atoms with Crippen molar-refractivity contribution in [2.24, 2.45) is 0 Å². The minimum absolute atomic E-state index is 0.0872. The third-order valence-electron chi connectivity index (χ3n) is 3.47. The molecular weight excluding hydrogens is 258 g/mol. The Morgan fingerprint density at radius 1 is 1.40 bits per heavy atom. The quantitative estimate of drug-likeness (QED) is 0.845. The highest BCUT2D eigenvalue weighted by molar-refractivity contribution is 5.91. The second kappa shape index (κ2) is 6.70. The first-order chi connectivity index (χ1) is 9.60. The molecule has 1 saturated heterocycles. The molecule has 1 atom stereocenters. The van der Waals surface area contributed by atoms with Crippen molar-refractivity contribution in [1.29, 1.82) is 0 Å². The Bertz CT molecular complexity index is 517. The van der Waals surface area contributed by atoms with E-state index < -0.39 is 0 Å². The Kier molecular flexibility index (Phi) is 4.95. The first kappa shape index (κ1) is 14.8. The van der Waals surface area contributed by atoms with Crippen LogP contribution in [0.15, 0.2) is 21.3 Å². The van der Waals surface area contributed by atoms with Gasteiger partial charge >= 0.3 is 0 Å². The molecule has 0 spiro atoms. The highest BCUT2D eigenvalue weighted by Crippen LogP contribution is 2.15.